The highest BCUT2D eigenvalue weighted by molar-refractivity contribution is 5.79. The van der Waals surface area contributed by atoms with Crippen LogP contribution in [0.1, 0.15) is 31.4 Å². The predicted molar refractivity (Wildman–Crippen MR) is 113 cm³/mol. The summed E-state index contributed by atoms with van der Waals surface area (Å²) in [5.41, 5.74) is -0.267. The van der Waals surface area contributed by atoms with Crippen LogP contribution >= 0.6 is 0 Å². The van der Waals surface area contributed by atoms with Crippen molar-refractivity contribution in [3.8, 4) is 0 Å². The Balaban J connectivity index is 1.87. The predicted octanol–water partition coefficient (Wildman–Crippen LogP) is 2.73. The molecule has 0 fully saturated rings. The van der Waals surface area contributed by atoms with Gasteiger partial charge < -0.3 is 20.8 Å². The molecule has 6 heteroatoms. The van der Waals surface area contributed by atoms with Crippen molar-refractivity contribution in [2.45, 2.75) is 44.2 Å². The standard InChI is InChI=1S/C23H30N2O4/c1-22(20(26)27,16-18-10-5-3-6-11-18)24-14-9-15-25-23(2,21(28)29)17-19-12-7-4-8-13-19/h3-8,10-13,24-25H,9,14-17H2,1-2H3,(H,26,27)(H,28,29)/t22-,23-/m0/s1. The average molecular weight is 399 g/mol. The normalized spacial score (nSPS) is 15.2. The Labute approximate surface area is 172 Å². The van der Waals surface area contributed by atoms with Crippen LogP contribution in [0.25, 0.3) is 0 Å². The Kier molecular flexibility index (Phi) is 7.93. The Morgan fingerprint density at radius 1 is 0.724 bits per heavy atom. The number of hydrogen-bond acceptors (Lipinski definition) is 4. The molecule has 6 nitrogen and oxygen atoms in total. The molecule has 0 radical (unpaired) electrons. The number of carboxylic acid groups (broad SMARTS) is 2. The number of aliphatic carboxylic acids is 2. The van der Waals surface area contributed by atoms with Crippen molar-refractivity contribution < 1.29 is 19.8 Å². The summed E-state index contributed by atoms with van der Waals surface area (Å²) in [4.78, 5) is 23.6. The second-order valence-corrected chi connectivity index (χ2v) is 7.81. The lowest BCUT2D eigenvalue weighted by Crippen LogP contribution is -2.53. The summed E-state index contributed by atoms with van der Waals surface area (Å²) in [5.74, 6) is -1.82. The largest absolute Gasteiger partial charge is 0.480 e. The highest BCUT2D eigenvalue weighted by Gasteiger charge is 2.34. The third kappa shape index (κ3) is 6.69. The lowest BCUT2D eigenvalue weighted by molar-refractivity contribution is -0.144. The number of nitrogens with one attached hydrogen (secondary N) is 2. The first-order valence-corrected chi connectivity index (χ1v) is 9.80. The maximum Gasteiger partial charge on any atom is 0.323 e. The second kappa shape index (κ2) is 10.2. The van der Waals surface area contributed by atoms with Crippen LogP contribution in [-0.2, 0) is 22.4 Å². The van der Waals surface area contributed by atoms with Crippen LogP contribution in [0.2, 0.25) is 0 Å². The molecule has 29 heavy (non-hydrogen) atoms. The minimum absolute atomic E-state index is 0.372. The van der Waals surface area contributed by atoms with E-state index in [2.05, 4.69) is 10.6 Å². The Morgan fingerprint density at radius 2 is 1.07 bits per heavy atom. The number of hydrogen-bond donors (Lipinski definition) is 4. The van der Waals surface area contributed by atoms with Crippen molar-refractivity contribution >= 4 is 11.9 Å². The number of carboxylic acids is 2. The van der Waals surface area contributed by atoms with Gasteiger partial charge in [-0.05, 0) is 44.5 Å². The Hall–Kier alpha value is -2.70. The zero-order chi connectivity index (χ0) is 21.3. The molecule has 2 atom stereocenters. The van der Waals surface area contributed by atoms with E-state index in [4.69, 9.17) is 0 Å². The maximum atomic E-state index is 11.8. The van der Waals surface area contributed by atoms with Crippen molar-refractivity contribution in [1.29, 1.82) is 0 Å². The van der Waals surface area contributed by atoms with Crippen LogP contribution in [0.3, 0.4) is 0 Å². The molecular formula is C23H30N2O4. The molecule has 0 saturated carbocycles. The molecular weight excluding hydrogens is 368 g/mol. The molecule has 0 aliphatic heterocycles. The van der Waals surface area contributed by atoms with E-state index >= 15 is 0 Å². The van der Waals surface area contributed by atoms with E-state index in [1.807, 2.05) is 60.7 Å². The molecule has 2 aromatic carbocycles. The van der Waals surface area contributed by atoms with Crippen LogP contribution in [-0.4, -0.2) is 46.3 Å². The van der Waals surface area contributed by atoms with Crippen LogP contribution in [0.4, 0.5) is 0 Å². The van der Waals surface area contributed by atoms with Gasteiger partial charge >= 0.3 is 11.9 Å². The molecule has 0 saturated heterocycles. The van der Waals surface area contributed by atoms with Gasteiger partial charge in [0, 0.05) is 12.8 Å². The highest BCUT2D eigenvalue weighted by atomic mass is 16.4. The fourth-order valence-corrected chi connectivity index (χ4v) is 3.25. The summed E-state index contributed by atoms with van der Waals surface area (Å²) in [6, 6.07) is 19.0. The number of benzene rings is 2. The van der Waals surface area contributed by atoms with Crippen molar-refractivity contribution in [1.82, 2.24) is 10.6 Å². The molecule has 156 valence electrons. The van der Waals surface area contributed by atoms with Gasteiger partial charge in [-0.25, -0.2) is 0 Å². The third-order valence-electron chi connectivity index (χ3n) is 5.13. The molecule has 0 spiro atoms. The monoisotopic (exact) mass is 398 g/mol. The number of rotatable bonds is 12. The van der Waals surface area contributed by atoms with E-state index in [1.165, 1.54) is 0 Å². The first-order valence-electron chi connectivity index (χ1n) is 9.80. The van der Waals surface area contributed by atoms with Gasteiger partial charge in [-0.2, -0.15) is 0 Å². The van der Waals surface area contributed by atoms with Gasteiger partial charge in [-0.3, -0.25) is 9.59 Å². The van der Waals surface area contributed by atoms with E-state index in [0.29, 0.717) is 32.4 Å². The molecule has 0 bridgehead atoms. The summed E-state index contributed by atoms with van der Waals surface area (Å²) in [6.45, 7) is 4.27. The molecule has 4 N–H and O–H groups in total. The van der Waals surface area contributed by atoms with Gasteiger partial charge in [0.25, 0.3) is 0 Å². The second-order valence-electron chi connectivity index (χ2n) is 7.81. The molecule has 0 aliphatic carbocycles. The minimum atomic E-state index is -1.08. The Morgan fingerprint density at radius 3 is 1.38 bits per heavy atom. The number of carbonyl (C=O) groups is 2. The summed E-state index contributed by atoms with van der Waals surface area (Å²) in [5, 5.41) is 25.6. The topological polar surface area (TPSA) is 98.7 Å². The lowest BCUT2D eigenvalue weighted by atomic mass is 9.92. The summed E-state index contributed by atoms with van der Waals surface area (Å²) in [7, 11) is 0. The van der Waals surface area contributed by atoms with E-state index in [-0.39, 0.29) is 0 Å². The molecule has 0 aliphatic rings. The van der Waals surface area contributed by atoms with Crippen LogP contribution in [0, 0.1) is 0 Å². The van der Waals surface area contributed by atoms with Gasteiger partial charge in [0.2, 0.25) is 0 Å². The molecule has 2 rings (SSSR count). The van der Waals surface area contributed by atoms with Gasteiger partial charge in [0.15, 0.2) is 0 Å². The van der Waals surface area contributed by atoms with E-state index in [9.17, 15) is 19.8 Å². The molecule has 0 heterocycles. The first-order chi connectivity index (χ1) is 13.8. The van der Waals surface area contributed by atoms with E-state index in [1.54, 1.807) is 13.8 Å². The van der Waals surface area contributed by atoms with Gasteiger partial charge in [0.1, 0.15) is 11.1 Å². The van der Waals surface area contributed by atoms with E-state index < -0.39 is 23.0 Å². The average Bonchev–Trinajstić information content (AvgIpc) is 2.69. The van der Waals surface area contributed by atoms with Crippen LogP contribution < -0.4 is 10.6 Å². The molecule has 2 aromatic rings. The van der Waals surface area contributed by atoms with E-state index in [0.717, 1.165) is 11.1 Å². The first kappa shape index (κ1) is 22.6. The van der Waals surface area contributed by atoms with Crippen molar-refractivity contribution in [2.75, 3.05) is 13.1 Å². The summed E-state index contributed by atoms with van der Waals surface area (Å²) < 4.78 is 0. The van der Waals surface area contributed by atoms with Gasteiger partial charge in [-0.1, -0.05) is 60.7 Å². The minimum Gasteiger partial charge on any atom is -0.480 e. The molecule has 0 amide bonds. The zero-order valence-corrected chi connectivity index (χ0v) is 17.0. The Bertz CT molecular complexity index is 730. The molecule has 0 unspecified atom stereocenters. The SMILES string of the molecule is C[C@@](Cc1ccccc1)(NCCCN[C@@](C)(Cc1ccccc1)C(=O)O)C(=O)O. The zero-order valence-electron chi connectivity index (χ0n) is 17.0. The third-order valence-corrected chi connectivity index (χ3v) is 5.13. The summed E-state index contributed by atoms with van der Waals surface area (Å²) in [6.07, 6.45) is 1.35. The van der Waals surface area contributed by atoms with Crippen molar-refractivity contribution in [3.05, 3.63) is 71.8 Å². The van der Waals surface area contributed by atoms with Crippen LogP contribution in [0.15, 0.2) is 60.7 Å². The highest BCUT2D eigenvalue weighted by Crippen LogP contribution is 2.15. The quantitative estimate of drug-likeness (QED) is 0.411. The lowest BCUT2D eigenvalue weighted by Gasteiger charge is -2.28. The maximum absolute atomic E-state index is 11.8. The fourth-order valence-electron chi connectivity index (χ4n) is 3.25. The van der Waals surface area contributed by atoms with Gasteiger partial charge in [-0.15, -0.1) is 0 Å². The van der Waals surface area contributed by atoms with Crippen molar-refractivity contribution in [2.24, 2.45) is 0 Å². The smallest absolute Gasteiger partial charge is 0.323 e. The summed E-state index contributed by atoms with van der Waals surface area (Å²) >= 11 is 0. The fraction of sp³-hybridized carbons (Fsp3) is 0.391. The van der Waals surface area contributed by atoms with Gasteiger partial charge in [0.05, 0.1) is 0 Å². The van der Waals surface area contributed by atoms with Crippen LogP contribution in [0.5, 0.6) is 0 Å². The molecule has 0 aromatic heterocycles. The van der Waals surface area contributed by atoms with Crippen molar-refractivity contribution in [3.63, 3.8) is 0 Å².